The summed E-state index contributed by atoms with van der Waals surface area (Å²) in [6.45, 7) is 4.08. The van der Waals surface area contributed by atoms with Crippen LogP contribution in [0, 0.1) is 11.8 Å². The number of amides is 4. The standard InChI is InChI=1S/C11H24N6O2/c1-6(2)8-5-7(16(14)10(12)18)3-4-9(8)17(15)11(13)19/h6-9H,3-5,14-15H2,1-2H3,(H2,12,18)(H2,13,19). The predicted octanol–water partition coefficient (Wildman–Crippen LogP) is -0.311. The van der Waals surface area contributed by atoms with Gasteiger partial charge in [-0.2, -0.15) is 0 Å². The first kappa shape index (κ1) is 15.5. The zero-order valence-corrected chi connectivity index (χ0v) is 11.5. The maximum atomic E-state index is 11.2. The van der Waals surface area contributed by atoms with E-state index in [1.165, 1.54) is 0 Å². The summed E-state index contributed by atoms with van der Waals surface area (Å²) in [5, 5.41) is 2.16. The molecule has 0 aromatic carbocycles. The van der Waals surface area contributed by atoms with Crippen molar-refractivity contribution in [1.82, 2.24) is 10.0 Å². The first-order valence-electron chi connectivity index (χ1n) is 6.42. The fourth-order valence-corrected chi connectivity index (χ4v) is 2.82. The number of hydrogen-bond acceptors (Lipinski definition) is 4. The van der Waals surface area contributed by atoms with Gasteiger partial charge in [0.1, 0.15) is 0 Å². The van der Waals surface area contributed by atoms with E-state index in [0.717, 1.165) is 10.0 Å². The van der Waals surface area contributed by atoms with Gasteiger partial charge in [0.25, 0.3) is 0 Å². The van der Waals surface area contributed by atoms with Crippen LogP contribution in [0.3, 0.4) is 0 Å². The third kappa shape index (κ3) is 3.48. The highest BCUT2D eigenvalue weighted by Gasteiger charge is 2.38. The van der Waals surface area contributed by atoms with Crippen molar-refractivity contribution in [3.63, 3.8) is 0 Å². The van der Waals surface area contributed by atoms with Crippen molar-refractivity contribution in [2.24, 2.45) is 35.0 Å². The summed E-state index contributed by atoms with van der Waals surface area (Å²) in [5.74, 6) is 11.8. The minimum absolute atomic E-state index is 0.123. The molecule has 0 bridgehead atoms. The summed E-state index contributed by atoms with van der Waals surface area (Å²) in [5.41, 5.74) is 10.4. The van der Waals surface area contributed by atoms with E-state index in [4.69, 9.17) is 23.2 Å². The number of carbonyl (C=O) groups excluding carboxylic acids is 2. The Kier molecular flexibility index (Phi) is 4.96. The van der Waals surface area contributed by atoms with E-state index in [1.807, 2.05) is 13.8 Å². The number of hydrogen-bond donors (Lipinski definition) is 4. The van der Waals surface area contributed by atoms with Gasteiger partial charge in [-0.1, -0.05) is 13.8 Å². The summed E-state index contributed by atoms with van der Waals surface area (Å²) in [7, 11) is 0. The van der Waals surface area contributed by atoms with Gasteiger partial charge < -0.3 is 11.5 Å². The van der Waals surface area contributed by atoms with E-state index in [2.05, 4.69) is 0 Å². The minimum atomic E-state index is -0.648. The van der Waals surface area contributed by atoms with Crippen LogP contribution in [0.1, 0.15) is 33.1 Å². The lowest BCUT2D eigenvalue weighted by atomic mass is 9.75. The molecule has 0 radical (unpaired) electrons. The molecule has 1 aliphatic rings. The van der Waals surface area contributed by atoms with Gasteiger partial charge in [-0.05, 0) is 31.1 Å². The zero-order chi connectivity index (χ0) is 14.7. The quantitative estimate of drug-likeness (QED) is 0.317. The summed E-state index contributed by atoms with van der Waals surface area (Å²) < 4.78 is 0. The number of hydrazine groups is 2. The first-order valence-corrected chi connectivity index (χ1v) is 6.42. The number of primary amides is 2. The summed E-state index contributed by atoms with van der Waals surface area (Å²) in [6, 6.07) is -1.54. The average Bonchev–Trinajstić information content (AvgIpc) is 2.35. The van der Waals surface area contributed by atoms with Crippen LogP contribution in [0.15, 0.2) is 0 Å². The molecule has 8 heteroatoms. The van der Waals surface area contributed by atoms with Crippen LogP contribution >= 0.6 is 0 Å². The maximum Gasteiger partial charge on any atom is 0.329 e. The number of nitrogens with zero attached hydrogens (tertiary/aromatic N) is 2. The summed E-state index contributed by atoms with van der Waals surface area (Å²) >= 11 is 0. The molecule has 8 nitrogen and oxygen atoms in total. The Bertz CT molecular complexity index is 348. The van der Waals surface area contributed by atoms with Crippen molar-refractivity contribution in [2.45, 2.75) is 45.2 Å². The Morgan fingerprint density at radius 2 is 1.58 bits per heavy atom. The topological polar surface area (TPSA) is 145 Å². The second-order valence-electron chi connectivity index (χ2n) is 5.43. The van der Waals surface area contributed by atoms with E-state index in [9.17, 15) is 9.59 Å². The highest BCUT2D eigenvalue weighted by molar-refractivity contribution is 5.72. The Labute approximate surface area is 113 Å². The summed E-state index contributed by atoms with van der Waals surface area (Å²) in [6.07, 6.45) is 1.95. The third-order valence-electron chi connectivity index (χ3n) is 3.95. The molecular weight excluding hydrogens is 248 g/mol. The minimum Gasteiger partial charge on any atom is -0.350 e. The number of urea groups is 2. The second kappa shape index (κ2) is 6.07. The molecule has 0 aromatic rings. The van der Waals surface area contributed by atoms with E-state index in [0.29, 0.717) is 25.2 Å². The van der Waals surface area contributed by atoms with E-state index in [1.54, 1.807) is 0 Å². The Morgan fingerprint density at radius 1 is 1.05 bits per heavy atom. The molecule has 3 atom stereocenters. The fraction of sp³-hybridized carbons (Fsp3) is 0.818. The van der Waals surface area contributed by atoms with Crippen molar-refractivity contribution in [2.75, 3.05) is 0 Å². The third-order valence-corrected chi connectivity index (χ3v) is 3.95. The molecule has 110 valence electrons. The Hall–Kier alpha value is -1.54. The van der Waals surface area contributed by atoms with Gasteiger partial charge in [-0.15, -0.1) is 0 Å². The van der Waals surface area contributed by atoms with E-state index >= 15 is 0 Å². The molecule has 3 unspecified atom stereocenters. The Morgan fingerprint density at radius 3 is 2.00 bits per heavy atom. The average molecular weight is 272 g/mol. The fourth-order valence-electron chi connectivity index (χ4n) is 2.82. The SMILES string of the molecule is CC(C)C1CC(N(N)C(N)=O)CCC1N(N)C(N)=O. The molecule has 1 fully saturated rings. The summed E-state index contributed by atoms with van der Waals surface area (Å²) in [4.78, 5) is 22.3. The van der Waals surface area contributed by atoms with Gasteiger partial charge in [0.15, 0.2) is 0 Å². The van der Waals surface area contributed by atoms with E-state index < -0.39 is 12.1 Å². The molecule has 0 aromatic heterocycles. The smallest absolute Gasteiger partial charge is 0.329 e. The van der Waals surface area contributed by atoms with Gasteiger partial charge in [-0.3, -0.25) is 10.0 Å². The van der Waals surface area contributed by atoms with Crippen molar-refractivity contribution in [3.8, 4) is 0 Å². The van der Waals surface area contributed by atoms with Crippen LogP contribution in [0.25, 0.3) is 0 Å². The molecule has 8 N–H and O–H groups in total. The number of rotatable bonds is 3. The van der Waals surface area contributed by atoms with Crippen molar-refractivity contribution in [3.05, 3.63) is 0 Å². The van der Waals surface area contributed by atoms with Gasteiger partial charge >= 0.3 is 12.1 Å². The normalized spacial score (nSPS) is 27.1. The van der Waals surface area contributed by atoms with Gasteiger partial charge in [0.05, 0.1) is 12.1 Å². The van der Waals surface area contributed by atoms with Crippen LogP contribution in [0.4, 0.5) is 9.59 Å². The van der Waals surface area contributed by atoms with Crippen LogP contribution in [-0.4, -0.2) is 34.2 Å². The van der Waals surface area contributed by atoms with Crippen LogP contribution in [0.5, 0.6) is 0 Å². The predicted molar refractivity (Wildman–Crippen MR) is 71.0 cm³/mol. The Balaban J connectivity index is 2.81. The van der Waals surface area contributed by atoms with Crippen LogP contribution in [0.2, 0.25) is 0 Å². The van der Waals surface area contributed by atoms with Crippen LogP contribution in [-0.2, 0) is 0 Å². The molecule has 1 rings (SSSR count). The van der Waals surface area contributed by atoms with Gasteiger partial charge in [0, 0.05) is 0 Å². The molecule has 0 heterocycles. The molecule has 0 aliphatic heterocycles. The number of carbonyl (C=O) groups is 2. The number of nitrogens with two attached hydrogens (primary N) is 4. The zero-order valence-electron chi connectivity index (χ0n) is 11.5. The molecule has 0 saturated heterocycles. The molecule has 1 aliphatic carbocycles. The maximum absolute atomic E-state index is 11.2. The lowest BCUT2D eigenvalue weighted by molar-refractivity contribution is 0.0607. The monoisotopic (exact) mass is 272 g/mol. The molecule has 1 saturated carbocycles. The lowest BCUT2D eigenvalue weighted by Gasteiger charge is -2.43. The van der Waals surface area contributed by atoms with Gasteiger partial charge in [-0.25, -0.2) is 21.3 Å². The van der Waals surface area contributed by atoms with Crippen LogP contribution < -0.4 is 23.2 Å². The molecule has 19 heavy (non-hydrogen) atoms. The molecule has 4 amide bonds. The van der Waals surface area contributed by atoms with Gasteiger partial charge in [0.2, 0.25) is 0 Å². The molecule has 0 spiro atoms. The van der Waals surface area contributed by atoms with E-state index in [-0.39, 0.29) is 18.0 Å². The second-order valence-corrected chi connectivity index (χ2v) is 5.43. The lowest BCUT2D eigenvalue weighted by Crippen LogP contribution is -2.58. The molecular formula is C11H24N6O2. The first-order chi connectivity index (χ1) is 8.75. The van der Waals surface area contributed by atoms with Crippen molar-refractivity contribution >= 4 is 12.1 Å². The highest BCUT2D eigenvalue weighted by atomic mass is 16.2. The van der Waals surface area contributed by atoms with Crippen molar-refractivity contribution in [1.29, 1.82) is 0 Å². The highest BCUT2D eigenvalue weighted by Crippen LogP contribution is 2.34. The van der Waals surface area contributed by atoms with Crippen molar-refractivity contribution < 1.29 is 9.59 Å². The largest absolute Gasteiger partial charge is 0.350 e.